The maximum atomic E-state index is 13.5. The van der Waals surface area contributed by atoms with Crippen LogP contribution in [0.15, 0.2) is 42.5 Å². The summed E-state index contributed by atoms with van der Waals surface area (Å²) in [5.74, 6) is -1.95. The van der Waals surface area contributed by atoms with Crippen LogP contribution in [0.5, 0.6) is 0 Å². The first-order valence-electron chi connectivity index (χ1n) is 5.78. The molecule has 0 bridgehead atoms. The zero-order valence-electron chi connectivity index (χ0n) is 10.5. The van der Waals surface area contributed by atoms with E-state index in [4.69, 9.17) is 0 Å². The third-order valence-electron chi connectivity index (χ3n) is 2.93. The number of hydrogen-bond donors (Lipinski definition) is 0. The second-order valence-electron chi connectivity index (χ2n) is 4.34. The number of alkyl halides is 3. The lowest BCUT2D eigenvalue weighted by Gasteiger charge is -2.09. The minimum atomic E-state index is -4.77. The van der Waals surface area contributed by atoms with Crippen LogP contribution in [0.3, 0.4) is 0 Å². The zero-order chi connectivity index (χ0) is 14.9. The SMILES string of the molecule is Cc1ccccc1C(=O)c1ccc(C(F)(F)F)c(F)c1. The van der Waals surface area contributed by atoms with Crippen molar-refractivity contribution in [3.8, 4) is 0 Å². The van der Waals surface area contributed by atoms with E-state index in [2.05, 4.69) is 0 Å². The number of aryl methyl sites for hydroxylation is 1. The van der Waals surface area contributed by atoms with Gasteiger partial charge in [0.25, 0.3) is 0 Å². The van der Waals surface area contributed by atoms with Crippen LogP contribution < -0.4 is 0 Å². The fraction of sp³-hybridized carbons (Fsp3) is 0.133. The number of rotatable bonds is 2. The van der Waals surface area contributed by atoms with E-state index in [9.17, 15) is 22.4 Å². The number of carbonyl (C=O) groups excluding carboxylic acids is 1. The molecule has 0 saturated carbocycles. The standard InChI is InChI=1S/C15H10F4O/c1-9-4-2-3-5-11(9)14(20)10-6-7-12(13(16)8-10)15(17,18)19/h2-8H,1H3. The van der Waals surface area contributed by atoms with Gasteiger partial charge in [-0.25, -0.2) is 4.39 Å². The Morgan fingerprint density at radius 1 is 1.05 bits per heavy atom. The molecule has 0 heterocycles. The molecule has 0 fully saturated rings. The van der Waals surface area contributed by atoms with E-state index in [1.54, 1.807) is 31.2 Å². The van der Waals surface area contributed by atoms with Gasteiger partial charge in [-0.05, 0) is 24.6 Å². The summed E-state index contributed by atoms with van der Waals surface area (Å²) in [6.45, 7) is 1.70. The lowest BCUT2D eigenvalue weighted by molar-refractivity contribution is -0.140. The molecule has 0 unspecified atom stereocenters. The Morgan fingerprint density at radius 3 is 2.25 bits per heavy atom. The van der Waals surface area contributed by atoms with Crippen LogP contribution in [-0.4, -0.2) is 5.78 Å². The first kappa shape index (κ1) is 14.2. The van der Waals surface area contributed by atoms with E-state index in [0.29, 0.717) is 23.3 Å². The summed E-state index contributed by atoms with van der Waals surface area (Å²) in [4.78, 5) is 12.1. The van der Waals surface area contributed by atoms with Crippen LogP contribution in [0, 0.1) is 12.7 Å². The molecule has 0 atom stereocenters. The smallest absolute Gasteiger partial charge is 0.289 e. The molecule has 0 spiro atoms. The second kappa shape index (κ2) is 5.07. The predicted octanol–water partition coefficient (Wildman–Crippen LogP) is 4.38. The van der Waals surface area contributed by atoms with E-state index < -0.39 is 23.3 Å². The molecule has 20 heavy (non-hydrogen) atoms. The molecule has 0 N–H and O–H groups in total. The Kier molecular flexibility index (Phi) is 3.61. The summed E-state index contributed by atoms with van der Waals surface area (Å²) in [6, 6.07) is 8.82. The maximum Gasteiger partial charge on any atom is 0.419 e. The van der Waals surface area contributed by atoms with E-state index in [1.165, 1.54) is 0 Å². The van der Waals surface area contributed by atoms with Crippen molar-refractivity contribution in [3.05, 3.63) is 70.5 Å². The summed E-state index contributed by atoms with van der Waals surface area (Å²) in [6.07, 6.45) is -4.77. The van der Waals surface area contributed by atoms with Gasteiger partial charge in [0.2, 0.25) is 0 Å². The Balaban J connectivity index is 2.43. The van der Waals surface area contributed by atoms with Crippen molar-refractivity contribution in [1.82, 2.24) is 0 Å². The molecular formula is C15H10F4O. The van der Waals surface area contributed by atoms with Crippen molar-refractivity contribution in [1.29, 1.82) is 0 Å². The van der Waals surface area contributed by atoms with Crippen LogP contribution in [-0.2, 0) is 6.18 Å². The van der Waals surface area contributed by atoms with Crippen molar-refractivity contribution < 1.29 is 22.4 Å². The predicted molar refractivity (Wildman–Crippen MR) is 66.0 cm³/mol. The topological polar surface area (TPSA) is 17.1 Å². The van der Waals surface area contributed by atoms with Crippen LogP contribution in [0.25, 0.3) is 0 Å². The van der Waals surface area contributed by atoms with Crippen molar-refractivity contribution >= 4 is 5.78 Å². The first-order chi connectivity index (χ1) is 9.30. The summed E-state index contributed by atoms with van der Waals surface area (Å²) in [5, 5.41) is 0. The highest BCUT2D eigenvalue weighted by Crippen LogP contribution is 2.32. The van der Waals surface area contributed by atoms with Crippen molar-refractivity contribution in [2.75, 3.05) is 0 Å². The Morgan fingerprint density at radius 2 is 1.70 bits per heavy atom. The zero-order valence-corrected chi connectivity index (χ0v) is 10.5. The lowest BCUT2D eigenvalue weighted by Crippen LogP contribution is -2.10. The van der Waals surface area contributed by atoms with Gasteiger partial charge in [-0.15, -0.1) is 0 Å². The van der Waals surface area contributed by atoms with Crippen LogP contribution in [0.4, 0.5) is 17.6 Å². The highest BCUT2D eigenvalue weighted by atomic mass is 19.4. The molecule has 104 valence electrons. The molecule has 0 radical (unpaired) electrons. The molecule has 2 aromatic rings. The molecule has 0 aliphatic rings. The highest BCUT2D eigenvalue weighted by Gasteiger charge is 2.34. The van der Waals surface area contributed by atoms with Crippen molar-refractivity contribution in [2.45, 2.75) is 13.1 Å². The molecule has 1 nitrogen and oxygen atoms in total. The summed E-state index contributed by atoms with van der Waals surface area (Å²) in [5.41, 5.74) is -0.465. The van der Waals surface area contributed by atoms with Crippen LogP contribution in [0.2, 0.25) is 0 Å². The fourth-order valence-electron chi connectivity index (χ4n) is 1.87. The molecule has 0 amide bonds. The highest BCUT2D eigenvalue weighted by molar-refractivity contribution is 6.09. The van der Waals surface area contributed by atoms with E-state index >= 15 is 0 Å². The third-order valence-corrected chi connectivity index (χ3v) is 2.93. The van der Waals surface area contributed by atoms with Crippen molar-refractivity contribution in [2.24, 2.45) is 0 Å². The summed E-state index contributed by atoms with van der Waals surface area (Å²) in [7, 11) is 0. The number of ketones is 1. The monoisotopic (exact) mass is 282 g/mol. The van der Waals surface area contributed by atoms with E-state index in [-0.39, 0.29) is 5.56 Å². The maximum absolute atomic E-state index is 13.5. The quantitative estimate of drug-likeness (QED) is 0.590. The lowest BCUT2D eigenvalue weighted by atomic mass is 9.98. The van der Waals surface area contributed by atoms with Crippen LogP contribution in [0.1, 0.15) is 27.0 Å². The molecule has 0 saturated heterocycles. The molecule has 5 heteroatoms. The van der Waals surface area contributed by atoms with Gasteiger partial charge in [-0.2, -0.15) is 13.2 Å². The minimum Gasteiger partial charge on any atom is -0.289 e. The average molecular weight is 282 g/mol. The van der Waals surface area contributed by atoms with Gasteiger partial charge in [0.05, 0.1) is 5.56 Å². The molecular weight excluding hydrogens is 272 g/mol. The Bertz CT molecular complexity index is 659. The molecule has 2 aromatic carbocycles. The Labute approximate surface area is 112 Å². The normalized spacial score (nSPS) is 11.4. The second-order valence-corrected chi connectivity index (χ2v) is 4.34. The molecule has 0 aliphatic carbocycles. The van der Waals surface area contributed by atoms with Gasteiger partial charge >= 0.3 is 6.18 Å². The van der Waals surface area contributed by atoms with Gasteiger partial charge in [0.1, 0.15) is 5.82 Å². The first-order valence-corrected chi connectivity index (χ1v) is 5.78. The summed E-state index contributed by atoms with van der Waals surface area (Å²) < 4.78 is 50.8. The number of hydrogen-bond acceptors (Lipinski definition) is 1. The van der Waals surface area contributed by atoms with Gasteiger partial charge in [0, 0.05) is 11.1 Å². The van der Waals surface area contributed by atoms with Crippen LogP contribution >= 0.6 is 0 Å². The molecule has 2 rings (SSSR count). The van der Waals surface area contributed by atoms with E-state index in [1.807, 2.05) is 0 Å². The number of benzene rings is 2. The molecule has 0 aliphatic heterocycles. The average Bonchev–Trinajstić information content (AvgIpc) is 2.37. The van der Waals surface area contributed by atoms with Crippen molar-refractivity contribution in [3.63, 3.8) is 0 Å². The number of carbonyl (C=O) groups is 1. The largest absolute Gasteiger partial charge is 0.419 e. The third kappa shape index (κ3) is 2.71. The van der Waals surface area contributed by atoms with Gasteiger partial charge in [-0.1, -0.05) is 30.3 Å². The fourth-order valence-corrected chi connectivity index (χ4v) is 1.87. The number of halogens is 4. The van der Waals surface area contributed by atoms with Gasteiger partial charge in [-0.3, -0.25) is 4.79 Å². The molecule has 0 aromatic heterocycles. The van der Waals surface area contributed by atoms with Gasteiger partial charge in [0.15, 0.2) is 5.78 Å². The Hall–Kier alpha value is -2.17. The van der Waals surface area contributed by atoms with Gasteiger partial charge < -0.3 is 0 Å². The summed E-state index contributed by atoms with van der Waals surface area (Å²) >= 11 is 0. The van der Waals surface area contributed by atoms with E-state index in [0.717, 1.165) is 6.07 Å². The minimum absolute atomic E-state index is 0.107.